The smallest absolute Gasteiger partial charge is 0.228 e. The van der Waals surface area contributed by atoms with Crippen molar-refractivity contribution in [3.8, 4) is 5.75 Å². The van der Waals surface area contributed by atoms with Crippen molar-refractivity contribution in [3.05, 3.63) is 47.5 Å². The van der Waals surface area contributed by atoms with E-state index < -0.39 is 9.84 Å². The minimum absolute atomic E-state index is 0.112. The molecule has 1 aliphatic rings. The Hall–Kier alpha value is -2.24. The summed E-state index contributed by atoms with van der Waals surface area (Å²) in [7, 11) is -3.50. The lowest BCUT2D eigenvalue weighted by atomic mass is 10.2. The number of hydrogen-bond donors (Lipinski definition) is 0. The van der Waals surface area contributed by atoms with Crippen LogP contribution in [0, 0.1) is 0 Å². The van der Waals surface area contributed by atoms with Crippen molar-refractivity contribution in [1.29, 1.82) is 0 Å². The monoisotopic (exact) mass is 565 g/mol. The van der Waals surface area contributed by atoms with Crippen LogP contribution in [0.25, 0.3) is 10.2 Å². The van der Waals surface area contributed by atoms with Gasteiger partial charge in [-0.25, -0.2) is 13.4 Å². The standard InChI is InChI=1S/C26H32ClN3O5S2/c1-2-35-21-8-11-23-24(19-21)36-26(28-23)30(13-4-12-29-14-16-34-17-15-29)25(31)5-3-18-37(32,33)22-9-6-20(27)7-10-22/h6-11,19H,2-5,12-18H2,1H3. The van der Waals surface area contributed by atoms with Gasteiger partial charge in [0.05, 0.1) is 40.7 Å². The molecule has 0 saturated carbocycles. The molecule has 4 rings (SSSR count). The summed E-state index contributed by atoms with van der Waals surface area (Å²) >= 11 is 7.33. The number of hydrogen-bond acceptors (Lipinski definition) is 8. The van der Waals surface area contributed by atoms with Crippen LogP contribution in [0.1, 0.15) is 26.2 Å². The predicted octanol–water partition coefficient (Wildman–Crippen LogP) is 4.66. The first-order valence-electron chi connectivity index (χ1n) is 12.5. The zero-order chi connectivity index (χ0) is 26.3. The molecule has 1 fully saturated rings. The van der Waals surface area contributed by atoms with Crippen LogP contribution in [0.3, 0.4) is 0 Å². The van der Waals surface area contributed by atoms with E-state index in [-0.39, 0.29) is 29.4 Å². The fourth-order valence-corrected chi connectivity index (χ4v) is 6.65. The van der Waals surface area contributed by atoms with E-state index in [1.54, 1.807) is 17.0 Å². The second kappa shape index (κ2) is 13.0. The van der Waals surface area contributed by atoms with Crippen LogP contribution >= 0.6 is 22.9 Å². The molecule has 0 aliphatic carbocycles. The molecule has 0 N–H and O–H groups in total. The normalized spacial score (nSPS) is 14.6. The van der Waals surface area contributed by atoms with Crippen LogP contribution in [0.4, 0.5) is 5.13 Å². The fraction of sp³-hybridized carbons (Fsp3) is 0.462. The number of carbonyl (C=O) groups is 1. The van der Waals surface area contributed by atoms with E-state index >= 15 is 0 Å². The molecule has 200 valence electrons. The molecule has 0 atom stereocenters. The lowest BCUT2D eigenvalue weighted by molar-refractivity contribution is -0.118. The Labute approximate surface area is 227 Å². The minimum Gasteiger partial charge on any atom is -0.494 e. The highest BCUT2D eigenvalue weighted by molar-refractivity contribution is 7.91. The molecule has 0 spiro atoms. The highest BCUT2D eigenvalue weighted by Crippen LogP contribution is 2.32. The van der Waals surface area contributed by atoms with Gasteiger partial charge in [0.25, 0.3) is 0 Å². The minimum atomic E-state index is -3.50. The molecule has 1 amide bonds. The number of carbonyl (C=O) groups excluding carboxylic acids is 1. The zero-order valence-corrected chi connectivity index (χ0v) is 23.3. The van der Waals surface area contributed by atoms with Gasteiger partial charge in [-0.15, -0.1) is 0 Å². The second-order valence-electron chi connectivity index (χ2n) is 8.79. The summed E-state index contributed by atoms with van der Waals surface area (Å²) < 4.78 is 37.4. The third kappa shape index (κ3) is 7.64. The van der Waals surface area contributed by atoms with Crippen LogP contribution in [-0.4, -0.2) is 76.0 Å². The van der Waals surface area contributed by atoms with E-state index in [9.17, 15) is 13.2 Å². The van der Waals surface area contributed by atoms with Gasteiger partial charge in [0.15, 0.2) is 15.0 Å². The summed E-state index contributed by atoms with van der Waals surface area (Å²) in [5.41, 5.74) is 0.805. The summed E-state index contributed by atoms with van der Waals surface area (Å²) in [6.07, 6.45) is 1.13. The Morgan fingerprint density at radius 2 is 1.92 bits per heavy atom. The first-order chi connectivity index (χ1) is 17.9. The van der Waals surface area contributed by atoms with Crippen molar-refractivity contribution >= 4 is 54.0 Å². The number of benzene rings is 2. The number of thiazole rings is 1. The molecular weight excluding hydrogens is 534 g/mol. The van der Waals surface area contributed by atoms with Gasteiger partial charge in [-0.2, -0.15) is 0 Å². The molecule has 0 unspecified atom stereocenters. The van der Waals surface area contributed by atoms with Gasteiger partial charge in [0.2, 0.25) is 5.91 Å². The summed E-state index contributed by atoms with van der Waals surface area (Å²) in [6, 6.07) is 11.8. The fourth-order valence-electron chi connectivity index (χ4n) is 4.18. The van der Waals surface area contributed by atoms with Crippen molar-refractivity contribution < 1.29 is 22.7 Å². The molecule has 1 aliphatic heterocycles. The van der Waals surface area contributed by atoms with Gasteiger partial charge in [0, 0.05) is 37.6 Å². The molecule has 2 heterocycles. The number of ether oxygens (including phenoxy) is 2. The van der Waals surface area contributed by atoms with E-state index in [4.69, 9.17) is 26.1 Å². The summed E-state index contributed by atoms with van der Waals surface area (Å²) in [5, 5.41) is 1.10. The molecule has 3 aromatic rings. The molecule has 11 heteroatoms. The summed E-state index contributed by atoms with van der Waals surface area (Å²) in [6.45, 7) is 7.10. The van der Waals surface area contributed by atoms with Crippen molar-refractivity contribution in [1.82, 2.24) is 9.88 Å². The van der Waals surface area contributed by atoms with Crippen LogP contribution in [0.5, 0.6) is 5.75 Å². The number of amides is 1. The number of morpholine rings is 1. The molecule has 0 radical (unpaired) electrons. The van der Waals surface area contributed by atoms with Gasteiger partial charge >= 0.3 is 0 Å². The highest BCUT2D eigenvalue weighted by Gasteiger charge is 2.22. The third-order valence-electron chi connectivity index (χ3n) is 6.13. The van der Waals surface area contributed by atoms with E-state index in [2.05, 4.69) is 4.90 Å². The largest absolute Gasteiger partial charge is 0.494 e. The number of anilines is 1. The van der Waals surface area contributed by atoms with Crippen LogP contribution in [0.15, 0.2) is 47.4 Å². The maximum absolute atomic E-state index is 13.4. The van der Waals surface area contributed by atoms with Crippen molar-refractivity contribution in [2.75, 3.05) is 56.7 Å². The van der Waals surface area contributed by atoms with Crippen molar-refractivity contribution in [2.24, 2.45) is 0 Å². The van der Waals surface area contributed by atoms with E-state index in [1.165, 1.54) is 23.5 Å². The number of aromatic nitrogens is 1. The van der Waals surface area contributed by atoms with E-state index in [0.717, 1.165) is 55.2 Å². The first kappa shape index (κ1) is 27.8. The van der Waals surface area contributed by atoms with Crippen molar-refractivity contribution in [2.45, 2.75) is 31.1 Å². The second-order valence-corrected chi connectivity index (χ2v) is 12.3. The molecule has 1 saturated heterocycles. The molecule has 8 nitrogen and oxygen atoms in total. The number of rotatable bonds is 12. The van der Waals surface area contributed by atoms with Gasteiger partial charge in [-0.05, 0) is 62.2 Å². The lowest BCUT2D eigenvalue weighted by Gasteiger charge is -2.27. The first-order valence-corrected chi connectivity index (χ1v) is 15.3. The average molecular weight is 566 g/mol. The summed E-state index contributed by atoms with van der Waals surface area (Å²) in [5.74, 6) is 0.527. The van der Waals surface area contributed by atoms with Crippen LogP contribution in [-0.2, 0) is 19.4 Å². The van der Waals surface area contributed by atoms with Crippen molar-refractivity contribution in [3.63, 3.8) is 0 Å². The summed E-state index contributed by atoms with van der Waals surface area (Å²) in [4.78, 5) is 22.3. The molecule has 2 aromatic carbocycles. The predicted molar refractivity (Wildman–Crippen MR) is 148 cm³/mol. The Morgan fingerprint density at radius 1 is 1.16 bits per heavy atom. The number of nitrogens with zero attached hydrogens (tertiary/aromatic N) is 3. The number of fused-ring (bicyclic) bond motifs is 1. The average Bonchev–Trinajstić information content (AvgIpc) is 3.30. The quantitative estimate of drug-likeness (QED) is 0.315. The Morgan fingerprint density at radius 3 is 2.65 bits per heavy atom. The number of sulfone groups is 1. The maximum Gasteiger partial charge on any atom is 0.228 e. The number of halogens is 1. The highest BCUT2D eigenvalue weighted by atomic mass is 35.5. The Bertz CT molecular complexity index is 1290. The topological polar surface area (TPSA) is 89.0 Å². The molecular formula is C26H32ClN3O5S2. The maximum atomic E-state index is 13.4. The molecule has 0 bridgehead atoms. The Balaban J connectivity index is 1.44. The van der Waals surface area contributed by atoms with Gasteiger partial charge in [0.1, 0.15) is 5.75 Å². The molecule has 37 heavy (non-hydrogen) atoms. The molecule has 1 aromatic heterocycles. The Kier molecular flexibility index (Phi) is 9.77. The van der Waals surface area contributed by atoms with Gasteiger partial charge in [-0.3, -0.25) is 14.6 Å². The van der Waals surface area contributed by atoms with Crippen LogP contribution < -0.4 is 9.64 Å². The van der Waals surface area contributed by atoms with Gasteiger partial charge in [-0.1, -0.05) is 22.9 Å². The van der Waals surface area contributed by atoms with E-state index in [0.29, 0.717) is 23.3 Å². The van der Waals surface area contributed by atoms with Crippen LogP contribution in [0.2, 0.25) is 5.02 Å². The van der Waals surface area contributed by atoms with Gasteiger partial charge < -0.3 is 9.47 Å². The zero-order valence-electron chi connectivity index (χ0n) is 20.9. The lowest BCUT2D eigenvalue weighted by Crippen LogP contribution is -2.39. The SMILES string of the molecule is CCOc1ccc2nc(N(CCCN3CCOCC3)C(=O)CCCS(=O)(=O)c3ccc(Cl)cc3)sc2c1. The third-order valence-corrected chi connectivity index (χ3v) is 9.24. The van der Waals surface area contributed by atoms with E-state index in [1.807, 2.05) is 25.1 Å².